The fourth-order valence-corrected chi connectivity index (χ4v) is 7.12. The molecule has 154 valence electrons. The van der Waals surface area contributed by atoms with Crippen molar-refractivity contribution < 1.29 is 0 Å². The van der Waals surface area contributed by atoms with Gasteiger partial charge >= 0.3 is 0 Å². The number of hydrogen-bond donors (Lipinski definition) is 4. The number of anilines is 1. The van der Waals surface area contributed by atoms with Crippen LogP contribution in [0.3, 0.4) is 0 Å². The number of benzene rings is 2. The van der Waals surface area contributed by atoms with Gasteiger partial charge < -0.3 is 22.9 Å². The lowest BCUT2D eigenvalue weighted by molar-refractivity contribution is 0.474. The van der Waals surface area contributed by atoms with Crippen molar-refractivity contribution in [3.8, 4) is 0 Å². The topological polar surface area (TPSA) is 104 Å². The highest BCUT2D eigenvalue weighted by atomic mass is 32.2. The third kappa shape index (κ3) is 3.38. The van der Waals surface area contributed by atoms with Crippen molar-refractivity contribution in [2.45, 2.75) is 32.1 Å². The van der Waals surface area contributed by atoms with Crippen LogP contribution < -0.4 is 22.9 Å². The van der Waals surface area contributed by atoms with E-state index in [4.69, 9.17) is 22.9 Å². The van der Waals surface area contributed by atoms with Crippen molar-refractivity contribution >= 4 is 29.2 Å². The van der Waals surface area contributed by atoms with Crippen molar-refractivity contribution in [2.24, 2.45) is 17.2 Å². The molecule has 0 radical (unpaired) electrons. The van der Waals surface area contributed by atoms with Gasteiger partial charge in [-0.15, -0.1) is 23.5 Å². The Hall–Kier alpha value is -2.12. The van der Waals surface area contributed by atoms with Gasteiger partial charge in [0.2, 0.25) is 0 Å². The predicted octanol–water partition coefficient (Wildman–Crippen LogP) is 3.56. The maximum Gasteiger partial charge on any atom is 0.0840 e. The van der Waals surface area contributed by atoms with Gasteiger partial charge in [0.05, 0.1) is 20.4 Å². The first kappa shape index (κ1) is 19.8. The molecule has 2 aliphatic heterocycles. The molecule has 2 aromatic carbocycles. The lowest BCUT2D eigenvalue weighted by Gasteiger charge is -2.26. The van der Waals surface area contributed by atoms with Crippen molar-refractivity contribution in [1.29, 1.82) is 0 Å². The SMILES string of the molecule is NC1(N)C=CC2(c3ccccc3)SC2C1.NC1=CC=CC2(c3ccc(N)cc3)SC12. The fraction of sp³-hybridized carbons (Fsp3) is 0.250. The van der Waals surface area contributed by atoms with Gasteiger partial charge in [0, 0.05) is 16.6 Å². The van der Waals surface area contributed by atoms with E-state index >= 15 is 0 Å². The monoisotopic (exact) mass is 434 g/mol. The number of thioether (sulfide) groups is 2. The Bertz CT molecular complexity index is 1040. The molecule has 0 spiro atoms. The Morgan fingerprint density at radius 3 is 2.17 bits per heavy atom. The van der Waals surface area contributed by atoms with Crippen LogP contribution in [0.25, 0.3) is 0 Å². The Kier molecular flexibility index (Phi) is 4.59. The Morgan fingerprint density at radius 2 is 1.47 bits per heavy atom. The highest BCUT2D eigenvalue weighted by Gasteiger charge is 2.58. The summed E-state index contributed by atoms with van der Waals surface area (Å²) >= 11 is 3.85. The first-order valence-electron chi connectivity index (χ1n) is 10.0. The van der Waals surface area contributed by atoms with E-state index in [1.165, 1.54) is 11.1 Å². The average Bonchev–Trinajstić information content (AvgIpc) is 3.63. The van der Waals surface area contributed by atoms with Crippen LogP contribution in [0.15, 0.2) is 90.7 Å². The minimum atomic E-state index is -0.605. The van der Waals surface area contributed by atoms with E-state index in [0.29, 0.717) is 10.5 Å². The lowest BCUT2D eigenvalue weighted by atomic mass is 9.85. The number of rotatable bonds is 2. The fourth-order valence-electron chi connectivity index (χ4n) is 4.31. The van der Waals surface area contributed by atoms with Crippen LogP contribution in [0, 0.1) is 0 Å². The van der Waals surface area contributed by atoms with Crippen LogP contribution in [0.5, 0.6) is 0 Å². The van der Waals surface area contributed by atoms with Gasteiger partial charge in [-0.25, -0.2) is 0 Å². The highest BCUT2D eigenvalue weighted by molar-refractivity contribution is 8.08. The molecular weight excluding hydrogens is 408 g/mol. The molecule has 0 aromatic heterocycles. The van der Waals surface area contributed by atoms with Crippen molar-refractivity contribution in [1.82, 2.24) is 0 Å². The molecule has 2 aromatic rings. The predicted molar refractivity (Wildman–Crippen MR) is 130 cm³/mol. The number of nitrogen functional groups attached to an aromatic ring is 1. The van der Waals surface area contributed by atoms with Gasteiger partial charge in [-0.2, -0.15) is 0 Å². The molecule has 2 aliphatic carbocycles. The zero-order valence-corrected chi connectivity index (χ0v) is 18.2. The normalized spacial score (nSPS) is 34.0. The van der Waals surface area contributed by atoms with Crippen molar-refractivity contribution in [3.05, 3.63) is 102 Å². The van der Waals surface area contributed by atoms with Gasteiger partial charge in [0.1, 0.15) is 0 Å². The van der Waals surface area contributed by atoms with Crippen molar-refractivity contribution in [2.75, 3.05) is 5.73 Å². The van der Waals surface area contributed by atoms with Crippen LogP contribution in [-0.4, -0.2) is 16.2 Å². The van der Waals surface area contributed by atoms with E-state index in [0.717, 1.165) is 17.8 Å². The van der Waals surface area contributed by atoms with Gasteiger partial charge in [0.15, 0.2) is 0 Å². The molecule has 0 saturated carbocycles. The van der Waals surface area contributed by atoms with Crippen LogP contribution in [-0.2, 0) is 9.49 Å². The van der Waals surface area contributed by atoms with E-state index in [9.17, 15) is 0 Å². The Labute approximate surface area is 185 Å². The third-order valence-electron chi connectivity index (χ3n) is 6.11. The van der Waals surface area contributed by atoms with Gasteiger partial charge in [-0.1, -0.05) is 66.8 Å². The summed E-state index contributed by atoms with van der Waals surface area (Å²) in [7, 11) is 0. The second-order valence-electron chi connectivity index (χ2n) is 8.35. The summed E-state index contributed by atoms with van der Waals surface area (Å²) in [5.74, 6) is 0. The van der Waals surface area contributed by atoms with Gasteiger partial charge in [-0.3, -0.25) is 0 Å². The summed E-state index contributed by atoms with van der Waals surface area (Å²) in [6.45, 7) is 0. The summed E-state index contributed by atoms with van der Waals surface area (Å²) in [5, 5.41) is 0.978. The number of nitrogens with two attached hydrogens (primary N) is 4. The molecule has 30 heavy (non-hydrogen) atoms. The minimum Gasteiger partial charge on any atom is -0.401 e. The smallest absolute Gasteiger partial charge is 0.0840 e. The van der Waals surface area contributed by atoms with E-state index in [1.54, 1.807) is 0 Å². The first-order valence-corrected chi connectivity index (χ1v) is 11.8. The van der Waals surface area contributed by atoms with Crippen LogP contribution in [0.1, 0.15) is 17.5 Å². The summed E-state index contributed by atoms with van der Waals surface area (Å²) in [5.41, 5.74) is 27.3. The molecule has 4 unspecified atom stereocenters. The molecule has 6 rings (SSSR count). The minimum absolute atomic E-state index is 0.0898. The molecule has 4 aliphatic rings. The zero-order chi connectivity index (χ0) is 21.0. The molecule has 2 heterocycles. The maximum atomic E-state index is 5.94. The zero-order valence-electron chi connectivity index (χ0n) is 16.6. The second-order valence-corrected chi connectivity index (χ2v) is 11.2. The number of hydrogen-bond acceptors (Lipinski definition) is 6. The molecule has 2 fully saturated rings. The molecule has 2 saturated heterocycles. The summed E-state index contributed by atoms with van der Waals surface area (Å²) < 4.78 is 0.260. The largest absolute Gasteiger partial charge is 0.401 e. The van der Waals surface area contributed by atoms with E-state index in [1.807, 2.05) is 60.0 Å². The number of fused-ring (bicyclic) bond motifs is 2. The average molecular weight is 435 g/mol. The molecule has 8 N–H and O–H groups in total. The van der Waals surface area contributed by atoms with Crippen LogP contribution in [0.2, 0.25) is 0 Å². The van der Waals surface area contributed by atoms with Crippen LogP contribution >= 0.6 is 23.5 Å². The molecular formula is C24H26N4S2. The third-order valence-corrected chi connectivity index (χ3v) is 9.34. The van der Waals surface area contributed by atoms with E-state index < -0.39 is 5.66 Å². The summed E-state index contributed by atoms with van der Waals surface area (Å²) in [4.78, 5) is 0. The van der Waals surface area contributed by atoms with Crippen LogP contribution in [0.4, 0.5) is 5.69 Å². The van der Waals surface area contributed by atoms with Gasteiger partial charge in [0.25, 0.3) is 0 Å². The molecule has 4 atom stereocenters. The first-order chi connectivity index (χ1) is 14.3. The van der Waals surface area contributed by atoms with Gasteiger partial charge in [-0.05, 0) is 35.8 Å². The lowest BCUT2D eigenvalue weighted by Crippen LogP contribution is -2.50. The highest BCUT2D eigenvalue weighted by Crippen LogP contribution is 2.66. The molecule has 0 amide bonds. The standard InChI is InChI=1S/C12H12N2S.C12H14N2S/c13-9-5-3-8(4-6-9)12-7-1-2-10(14)11(12)15-12;13-11(14)6-7-12(10(8-11)15-12)9-4-2-1-3-5-9/h1-7,11H,13-14H2;1-7,10H,8,13-14H2. The van der Waals surface area contributed by atoms with E-state index in [-0.39, 0.29) is 9.49 Å². The quantitative estimate of drug-likeness (QED) is 0.249. The molecule has 6 heteroatoms. The van der Waals surface area contributed by atoms with Crippen molar-refractivity contribution in [3.63, 3.8) is 0 Å². The molecule has 4 nitrogen and oxygen atoms in total. The maximum absolute atomic E-state index is 5.94. The molecule has 0 bridgehead atoms. The second kappa shape index (κ2) is 6.95. The number of allylic oxidation sites excluding steroid dienone is 2. The summed E-state index contributed by atoms with van der Waals surface area (Å²) in [6, 6.07) is 18.6. The summed E-state index contributed by atoms with van der Waals surface area (Å²) in [6.07, 6.45) is 11.3. The van der Waals surface area contributed by atoms with E-state index in [2.05, 4.69) is 48.6 Å². The Balaban J connectivity index is 0.000000128. The Morgan fingerprint density at radius 1 is 0.767 bits per heavy atom.